The Labute approximate surface area is 99.5 Å². The van der Waals surface area contributed by atoms with Gasteiger partial charge in [0.05, 0.1) is 6.61 Å². The molecule has 0 aromatic rings. The summed E-state index contributed by atoms with van der Waals surface area (Å²) in [6.07, 6.45) is 5.05. The van der Waals surface area contributed by atoms with Crippen molar-refractivity contribution >= 4 is 0 Å². The summed E-state index contributed by atoms with van der Waals surface area (Å²) in [4.78, 5) is 2.67. The van der Waals surface area contributed by atoms with Crippen LogP contribution in [0.1, 0.15) is 39.5 Å². The van der Waals surface area contributed by atoms with E-state index in [1.54, 1.807) is 0 Å². The number of ether oxygens (including phenoxy) is 1. The summed E-state index contributed by atoms with van der Waals surface area (Å²) < 4.78 is 5.68. The number of rotatable bonds is 1. The van der Waals surface area contributed by atoms with E-state index in [9.17, 15) is 0 Å². The van der Waals surface area contributed by atoms with Crippen LogP contribution in [0.15, 0.2) is 0 Å². The van der Waals surface area contributed by atoms with Gasteiger partial charge in [-0.1, -0.05) is 0 Å². The SMILES string of the molecule is CC1CCN(C2(C)CCCOC2)CCCN1. The smallest absolute Gasteiger partial charge is 0.0647 e. The van der Waals surface area contributed by atoms with E-state index in [2.05, 4.69) is 24.1 Å². The molecule has 1 N–H and O–H groups in total. The molecule has 0 aromatic heterocycles. The van der Waals surface area contributed by atoms with Gasteiger partial charge in [-0.05, 0) is 52.6 Å². The van der Waals surface area contributed by atoms with Crippen molar-refractivity contribution in [2.24, 2.45) is 0 Å². The Kier molecular flexibility index (Phi) is 4.22. The summed E-state index contributed by atoms with van der Waals surface area (Å²) in [5.41, 5.74) is 0.301. The van der Waals surface area contributed by atoms with Crippen LogP contribution in [-0.4, -0.2) is 49.3 Å². The Balaban J connectivity index is 1.94. The monoisotopic (exact) mass is 226 g/mol. The normalized spacial score (nSPS) is 39.0. The molecule has 2 unspecified atom stereocenters. The van der Waals surface area contributed by atoms with Gasteiger partial charge in [-0.2, -0.15) is 0 Å². The third-order valence-electron chi connectivity index (χ3n) is 4.11. The van der Waals surface area contributed by atoms with Crippen LogP contribution in [0.4, 0.5) is 0 Å². The summed E-state index contributed by atoms with van der Waals surface area (Å²) in [6.45, 7) is 10.2. The van der Waals surface area contributed by atoms with Gasteiger partial charge in [0.2, 0.25) is 0 Å². The second kappa shape index (κ2) is 5.48. The maximum atomic E-state index is 5.68. The Bertz CT molecular complexity index is 214. The van der Waals surface area contributed by atoms with Crippen LogP contribution in [0.25, 0.3) is 0 Å². The molecule has 2 heterocycles. The fourth-order valence-electron chi connectivity index (χ4n) is 2.89. The molecule has 3 nitrogen and oxygen atoms in total. The molecule has 0 spiro atoms. The molecular weight excluding hydrogens is 200 g/mol. The van der Waals surface area contributed by atoms with E-state index in [-0.39, 0.29) is 0 Å². The van der Waals surface area contributed by atoms with Crippen LogP contribution in [-0.2, 0) is 4.74 Å². The number of hydrogen-bond acceptors (Lipinski definition) is 3. The minimum Gasteiger partial charge on any atom is -0.380 e. The largest absolute Gasteiger partial charge is 0.380 e. The zero-order valence-corrected chi connectivity index (χ0v) is 10.8. The van der Waals surface area contributed by atoms with Crippen molar-refractivity contribution in [3.63, 3.8) is 0 Å². The Morgan fingerprint density at radius 1 is 1.31 bits per heavy atom. The van der Waals surface area contributed by atoms with E-state index in [4.69, 9.17) is 4.74 Å². The van der Waals surface area contributed by atoms with Crippen LogP contribution in [0.2, 0.25) is 0 Å². The number of hydrogen-bond donors (Lipinski definition) is 1. The van der Waals surface area contributed by atoms with Gasteiger partial charge in [-0.3, -0.25) is 4.90 Å². The van der Waals surface area contributed by atoms with Crippen LogP contribution < -0.4 is 5.32 Å². The standard InChI is InChI=1S/C13H26N2O/c1-12-5-9-15(8-4-7-14-12)13(2)6-3-10-16-11-13/h12,14H,3-11H2,1-2H3. The Morgan fingerprint density at radius 2 is 2.19 bits per heavy atom. The zero-order valence-electron chi connectivity index (χ0n) is 10.8. The molecule has 0 bridgehead atoms. The lowest BCUT2D eigenvalue weighted by molar-refractivity contribution is -0.0429. The van der Waals surface area contributed by atoms with Gasteiger partial charge >= 0.3 is 0 Å². The van der Waals surface area contributed by atoms with Crippen molar-refractivity contribution in [1.82, 2.24) is 10.2 Å². The van der Waals surface area contributed by atoms with Gasteiger partial charge in [-0.15, -0.1) is 0 Å². The van der Waals surface area contributed by atoms with E-state index in [0.717, 1.165) is 19.8 Å². The number of nitrogens with one attached hydrogen (secondary N) is 1. The molecule has 94 valence electrons. The van der Waals surface area contributed by atoms with E-state index < -0.39 is 0 Å². The minimum atomic E-state index is 0.301. The maximum absolute atomic E-state index is 5.68. The molecule has 16 heavy (non-hydrogen) atoms. The third-order valence-corrected chi connectivity index (χ3v) is 4.11. The van der Waals surface area contributed by atoms with Crippen LogP contribution in [0.3, 0.4) is 0 Å². The molecule has 2 fully saturated rings. The predicted molar refractivity (Wildman–Crippen MR) is 66.7 cm³/mol. The fourth-order valence-corrected chi connectivity index (χ4v) is 2.89. The Morgan fingerprint density at radius 3 is 2.94 bits per heavy atom. The van der Waals surface area contributed by atoms with Gasteiger partial charge in [-0.25, -0.2) is 0 Å². The highest BCUT2D eigenvalue weighted by molar-refractivity contribution is 4.89. The van der Waals surface area contributed by atoms with Crippen molar-refractivity contribution in [2.75, 3.05) is 32.8 Å². The van der Waals surface area contributed by atoms with Gasteiger partial charge in [0.1, 0.15) is 0 Å². The topological polar surface area (TPSA) is 24.5 Å². The second-order valence-electron chi connectivity index (χ2n) is 5.64. The van der Waals surface area contributed by atoms with Crippen LogP contribution >= 0.6 is 0 Å². The van der Waals surface area contributed by atoms with Gasteiger partial charge < -0.3 is 10.1 Å². The summed E-state index contributed by atoms with van der Waals surface area (Å²) >= 11 is 0. The summed E-state index contributed by atoms with van der Waals surface area (Å²) in [5.74, 6) is 0. The highest BCUT2D eigenvalue weighted by Gasteiger charge is 2.34. The first kappa shape index (κ1) is 12.3. The lowest BCUT2D eigenvalue weighted by Gasteiger charge is -2.45. The summed E-state index contributed by atoms with van der Waals surface area (Å²) in [6, 6.07) is 0.663. The molecule has 2 aliphatic rings. The molecule has 0 aromatic carbocycles. The molecule has 0 amide bonds. The fraction of sp³-hybridized carbons (Fsp3) is 1.00. The van der Waals surface area contributed by atoms with Crippen molar-refractivity contribution < 1.29 is 4.74 Å². The molecule has 2 atom stereocenters. The molecule has 0 aliphatic carbocycles. The first-order valence-electron chi connectivity index (χ1n) is 6.77. The van der Waals surface area contributed by atoms with E-state index in [1.165, 1.54) is 38.8 Å². The molecule has 2 saturated heterocycles. The first-order valence-corrected chi connectivity index (χ1v) is 6.77. The average Bonchev–Trinajstić information content (AvgIpc) is 2.25. The average molecular weight is 226 g/mol. The molecule has 2 rings (SSSR count). The molecule has 0 saturated carbocycles. The molecule has 2 aliphatic heterocycles. The van der Waals surface area contributed by atoms with Crippen LogP contribution in [0.5, 0.6) is 0 Å². The van der Waals surface area contributed by atoms with Crippen molar-refractivity contribution in [3.05, 3.63) is 0 Å². The lowest BCUT2D eigenvalue weighted by Crippen LogP contribution is -2.54. The van der Waals surface area contributed by atoms with Crippen LogP contribution in [0, 0.1) is 0 Å². The third kappa shape index (κ3) is 2.96. The predicted octanol–water partition coefficient (Wildman–Crippen LogP) is 1.63. The van der Waals surface area contributed by atoms with Gasteiger partial charge in [0, 0.05) is 24.7 Å². The van der Waals surface area contributed by atoms with Crippen molar-refractivity contribution in [1.29, 1.82) is 0 Å². The van der Waals surface area contributed by atoms with E-state index >= 15 is 0 Å². The molecule has 0 radical (unpaired) electrons. The van der Waals surface area contributed by atoms with Crippen molar-refractivity contribution in [2.45, 2.75) is 51.1 Å². The number of nitrogens with zero attached hydrogens (tertiary/aromatic N) is 1. The van der Waals surface area contributed by atoms with Gasteiger partial charge in [0.15, 0.2) is 0 Å². The second-order valence-corrected chi connectivity index (χ2v) is 5.64. The van der Waals surface area contributed by atoms with Gasteiger partial charge in [0.25, 0.3) is 0 Å². The summed E-state index contributed by atoms with van der Waals surface area (Å²) in [5, 5.41) is 3.56. The lowest BCUT2D eigenvalue weighted by atomic mass is 9.91. The summed E-state index contributed by atoms with van der Waals surface area (Å²) in [7, 11) is 0. The highest BCUT2D eigenvalue weighted by atomic mass is 16.5. The molecule has 3 heteroatoms. The zero-order chi connectivity index (χ0) is 11.4. The van der Waals surface area contributed by atoms with E-state index in [0.29, 0.717) is 11.6 Å². The maximum Gasteiger partial charge on any atom is 0.0647 e. The first-order chi connectivity index (χ1) is 7.71. The highest BCUT2D eigenvalue weighted by Crippen LogP contribution is 2.26. The molecular formula is C13H26N2O. The van der Waals surface area contributed by atoms with E-state index in [1.807, 2.05) is 0 Å². The quantitative estimate of drug-likeness (QED) is 0.735. The van der Waals surface area contributed by atoms with Crippen molar-refractivity contribution in [3.8, 4) is 0 Å². The Hall–Kier alpha value is -0.120. The minimum absolute atomic E-state index is 0.301.